The quantitative estimate of drug-likeness (QED) is 0.808. The van der Waals surface area contributed by atoms with Gasteiger partial charge in [-0.3, -0.25) is 5.32 Å². The van der Waals surface area contributed by atoms with Crippen molar-refractivity contribution < 1.29 is 0 Å². The lowest BCUT2D eigenvalue weighted by Crippen LogP contribution is -2.51. The molecule has 0 aromatic heterocycles. The fourth-order valence-corrected chi connectivity index (χ4v) is 3.74. The van der Waals surface area contributed by atoms with E-state index < -0.39 is 5.54 Å². The molecule has 0 heterocycles. The van der Waals surface area contributed by atoms with Crippen molar-refractivity contribution in [2.75, 3.05) is 7.05 Å². The van der Waals surface area contributed by atoms with Crippen LogP contribution in [0.2, 0.25) is 0 Å². The Labute approximate surface area is 125 Å². The summed E-state index contributed by atoms with van der Waals surface area (Å²) in [4.78, 5) is 2.52. The molecule has 0 amide bonds. The largest absolute Gasteiger partial charge is 0.300 e. The number of nitriles is 1. The second kappa shape index (κ2) is 7.43. The number of hydrogen-bond acceptors (Lipinski definition) is 3. The van der Waals surface area contributed by atoms with Crippen LogP contribution < -0.4 is 5.32 Å². The van der Waals surface area contributed by atoms with Crippen LogP contribution in [-0.2, 0) is 0 Å². The molecule has 116 valence electrons. The highest BCUT2D eigenvalue weighted by atomic mass is 15.2. The lowest BCUT2D eigenvalue weighted by molar-refractivity contribution is 0.0894. The minimum absolute atomic E-state index is 0.339. The van der Waals surface area contributed by atoms with E-state index in [1.165, 1.54) is 25.7 Å². The predicted octanol–water partition coefficient (Wildman–Crippen LogP) is 3.56. The van der Waals surface area contributed by atoms with Gasteiger partial charge in [0.2, 0.25) is 0 Å². The maximum atomic E-state index is 9.50. The second-order valence-electron chi connectivity index (χ2n) is 7.29. The van der Waals surface area contributed by atoms with Gasteiger partial charge in [0.25, 0.3) is 0 Å². The van der Waals surface area contributed by atoms with Crippen LogP contribution in [0.25, 0.3) is 0 Å². The first-order chi connectivity index (χ1) is 9.29. The minimum atomic E-state index is -0.431. The van der Waals surface area contributed by atoms with Crippen molar-refractivity contribution in [2.45, 2.75) is 90.4 Å². The van der Waals surface area contributed by atoms with Crippen LogP contribution in [0.3, 0.4) is 0 Å². The van der Waals surface area contributed by atoms with Crippen molar-refractivity contribution in [3.63, 3.8) is 0 Å². The molecule has 0 aromatic carbocycles. The highest BCUT2D eigenvalue weighted by Crippen LogP contribution is 2.29. The molecule has 0 radical (unpaired) electrons. The fraction of sp³-hybridized carbons (Fsp3) is 0.941. The number of nitrogens with zero attached hydrogens (tertiary/aromatic N) is 2. The van der Waals surface area contributed by atoms with Gasteiger partial charge in [-0.1, -0.05) is 19.8 Å². The SMILES string of the molecule is CC(C)NC(C)(C#N)CC(C)N(C)C1CCCCC1C. The van der Waals surface area contributed by atoms with Gasteiger partial charge >= 0.3 is 0 Å². The maximum absolute atomic E-state index is 9.50. The fourth-order valence-electron chi connectivity index (χ4n) is 3.74. The molecule has 0 spiro atoms. The molecule has 1 saturated carbocycles. The Morgan fingerprint density at radius 1 is 1.30 bits per heavy atom. The number of nitrogens with one attached hydrogen (secondary N) is 1. The van der Waals surface area contributed by atoms with E-state index in [9.17, 15) is 5.26 Å². The molecule has 3 nitrogen and oxygen atoms in total. The zero-order valence-electron chi connectivity index (χ0n) is 14.2. The van der Waals surface area contributed by atoms with Gasteiger partial charge in [-0.2, -0.15) is 5.26 Å². The molecule has 1 aliphatic rings. The Balaban J connectivity index is 2.64. The zero-order chi connectivity index (χ0) is 15.3. The van der Waals surface area contributed by atoms with E-state index in [0.717, 1.165) is 12.3 Å². The summed E-state index contributed by atoms with van der Waals surface area (Å²) in [5.41, 5.74) is -0.431. The van der Waals surface area contributed by atoms with E-state index in [1.807, 2.05) is 6.92 Å². The van der Waals surface area contributed by atoms with Crippen molar-refractivity contribution in [1.82, 2.24) is 10.2 Å². The van der Waals surface area contributed by atoms with E-state index in [-0.39, 0.29) is 0 Å². The summed E-state index contributed by atoms with van der Waals surface area (Å²) in [7, 11) is 2.24. The van der Waals surface area contributed by atoms with E-state index in [0.29, 0.717) is 18.1 Å². The molecular weight excluding hydrogens is 246 g/mol. The highest BCUT2D eigenvalue weighted by Gasteiger charge is 2.32. The van der Waals surface area contributed by atoms with E-state index >= 15 is 0 Å². The maximum Gasteiger partial charge on any atom is 0.105 e. The molecular formula is C17H33N3. The van der Waals surface area contributed by atoms with Gasteiger partial charge in [-0.25, -0.2) is 0 Å². The van der Waals surface area contributed by atoms with E-state index in [2.05, 4.69) is 51.0 Å². The molecule has 0 bridgehead atoms. The van der Waals surface area contributed by atoms with Gasteiger partial charge in [-0.15, -0.1) is 0 Å². The van der Waals surface area contributed by atoms with Crippen molar-refractivity contribution in [1.29, 1.82) is 5.26 Å². The van der Waals surface area contributed by atoms with Gasteiger partial charge in [-0.05, 0) is 59.9 Å². The van der Waals surface area contributed by atoms with Crippen LogP contribution in [0.15, 0.2) is 0 Å². The normalized spacial score (nSPS) is 28.1. The molecule has 0 saturated heterocycles. The molecule has 20 heavy (non-hydrogen) atoms. The van der Waals surface area contributed by atoms with Crippen LogP contribution in [0, 0.1) is 17.2 Å². The third-order valence-corrected chi connectivity index (χ3v) is 4.84. The molecule has 1 aliphatic carbocycles. The molecule has 1 fully saturated rings. The topological polar surface area (TPSA) is 39.1 Å². The standard InChI is InChI=1S/C17H33N3/c1-13(2)19-17(5,12-18)11-15(4)20(6)16-10-8-7-9-14(16)3/h13-16,19H,7-11H2,1-6H3. The summed E-state index contributed by atoms with van der Waals surface area (Å²) in [6.07, 6.45) is 6.27. The van der Waals surface area contributed by atoms with Crippen LogP contribution in [0.5, 0.6) is 0 Å². The van der Waals surface area contributed by atoms with Gasteiger partial charge in [0.15, 0.2) is 0 Å². The molecule has 1 N–H and O–H groups in total. The summed E-state index contributed by atoms with van der Waals surface area (Å²) in [6, 6.07) is 3.92. The van der Waals surface area contributed by atoms with Gasteiger partial charge in [0.1, 0.15) is 5.54 Å². The second-order valence-corrected chi connectivity index (χ2v) is 7.29. The van der Waals surface area contributed by atoms with E-state index in [1.54, 1.807) is 0 Å². The highest BCUT2D eigenvalue weighted by molar-refractivity contribution is 5.06. The minimum Gasteiger partial charge on any atom is -0.300 e. The monoisotopic (exact) mass is 279 g/mol. The molecule has 1 rings (SSSR count). The van der Waals surface area contributed by atoms with Crippen LogP contribution in [-0.4, -0.2) is 35.6 Å². The summed E-state index contributed by atoms with van der Waals surface area (Å²) >= 11 is 0. The zero-order valence-corrected chi connectivity index (χ0v) is 14.2. The molecule has 4 unspecified atom stereocenters. The lowest BCUT2D eigenvalue weighted by Gasteiger charge is -2.41. The van der Waals surface area contributed by atoms with Crippen molar-refractivity contribution >= 4 is 0 Å². The van der Waals surface area contributed by atoms with Gasteiger partial charge in [0.05, 0.1) is 6.07 Å². The van der Waals surface area contributed by atoms with Gasteiger partial charge < -0.3 is 4.90 Å². The van der Waals surface area contributed by atoms with Crippen molar-refractivity contribution in [3.8, 4) is 6.07 Å². The molecule has 3 heteroatoms. The Hall–Kier alpha value is -0.590. The summed E-state index contributed by atoms with van der Waals surface area (Å²) in [5.74, 6) is 0.780. The third-order valence-electron chi connectivity index (χ3n) is 4.84. The third kappa shape index (κ3) is 4.75. The first-order valence-electron chi connectivity index (χ1n) is 8.20. The number of hydrogen-bond donors (Lipinski definition) is 1. The molecule has 0 aliphatic heterocycles. The van der Waals surface area contributed by atoms with Crippen LogP contribution in [0.1, 0.15) is 66.7 Å². The number of rotatable bonds is 6. The van der Waals surface area contributed by atoms with Crippen LogP contribution >= 0.6 is 0 Å². The molecule has 0 aromatic rings. The summed E-state index contributed by atoms with van der Waals surface area (Å²) < 4.78 is 0. The smallest absolute Gasteiger partial charge is 0.105 e. The Morgan fingerprint density at radius 3 is 2.40 bits per heavy atom. The summed E-state index contributed by atoms with van der Waals surface area (Å²) in [5, 5.41) is 12.9. The van der Waals surface area contributed by atoms with E-state index in [4.69, 9.17) is 0 Å². The first-order valence-corrected chi connectivity index (χ1v) is 8.20. The Kier molecular flexibility index (Phi) is 6.48. The van der Waals surface area contributed by atoms with Crippen LogP contribution in [0.4, 0.5) is 0 Å². The Bertz CT molecular complexity index is 334. The van der Waals surface area contributed by atoms with Crippen molar-refractivity contribution in [3.05, 3.63) is 0 Å². The Morgan fingerprint density at radius 2 is 1.90 bits per heavy atom. The predicted molar refractivity (Wildman–Crippen MR) is 85.6 cm³/mol. The first kappa shape index (κ1) is 17.5. The summed E-state index contributed by atoms with van der Waals surface area (Å²) in [6.45, 7) is 10.9. The lowest BCUT2D eigenvalue weighted by atomic mass is 9.83. The average molecular weight is 279 g/mol. The van der Waals surface area contributed by atoms with Gasteiger partial charge in [0, 0.05) is 18.1 Å². The molecule has 4 atom stereocenters. The van der Waals surface area contributed by atoms with Crippen molar-refractivity contribution in [2.24, 2.45) is 5.92 Å². The average Bonchev–Trinajstić information content (AvgIpc) is 2.37.